The Kier molecular flexibility index (Phi) is 4.37. The third-order valence-electron chi connectivity index (χ3n) is 5.79. The second kappa shape index (κ2) is 6.72. The van der Waals surface area contributed by atoms with Gasteiger partial charge in [0.2, 0.25) is 5.95 Å². The van der Waals surface area contributed by atoms with Crippen molar-refractivity contribution < 1.29 is 9.53 Å². The van der Waals surface area contributed by atoms with Gasteiger partial charge in [-0.15, -0.1) is 0 Å². The molecule has 2 heterocycles. The van der Waals surface area contributed by atoms with Crippen LogP contribution in [0.1, 0.15) is 47.8 Å². The smallest absolute Gasteiger partial charge is 0.255 e. The molecule has 1 aromatic heterocycles. The lowest BCUT2D eigenvalue weighted by Crippen LogP contribution is -2.44. The van der Waals surface area contributed by atoms with E-state index in [4.69, 9.17) is 10.5 Å². The maximum atomic E-state index is 12.9. The Balaban J connectivity index is 1.51. The summed E-state index contributed by atoms with van der Waals surface area (Å²) in [5.41, 5.74) is 7.75. The standard InChI is InChI=1S/C20H24N4O3/c1-2-27-14-5-3-4-13(12-14)18(26)24-10-8-20(9-11-24)7-6-15-16(20)22-19(21)23-17(15)25/h3-5,12H,2,6-11H2,1H3,(H3,21,22,23,25). The molecule has 4 rings (SSSR count). The van der Waals surface area contributed by atoms with Gasteiger partial charge >= 0.3 is 0 Å². The van der Waals surface area contributed by atoms with Gasteiger partial charge in [-0.2, -0.15) is 0 Å². The summed E-state index contributed by atoms with van der Waals surface area (Å²) in [4.78, 5) is 34.0. The van der Waals surface area contributed by atoms with E-state index in [1.165, 1.54) is 0 Å². The van der Waals surface area contributed by atoms with Crippen molar-refractivity contribution in [1.82, 2.24) is 14.9 Å². The summed E-state index contributed by atoms with van der Waals surface area (Å²) < 4.78 is 5.50. The van der Waals surface area contributed by atoms with Gasteiger partial charge in [-0.3, -0.25) is 14.6 Å². The number of carbonyl (C=O) groups excluding carboxylic acids is 1. The number of rotatable bonds is 3. The molecule has 1 spiro atoms. The van der Waals surface area contributed by atoms with Crippen LogP contribution in [-0.2, 0) is 11.8 Å². The van der Waals surface area contributed by atoms with E-state index >= 15 is 0 Å². The second-order valence-electron chi connectivity index (χ2n) is 7.31. The summed E-state index contributed by atoms with van der Waals surface area (Å²) in [6, 6.07) is 7.31. The molecule has 1 saturated heterocycles. The summed E-state index contributed by atoms with van der Waals surface area (Å²) in [7, 11) is 0. The first-order valence-electron chi connectivity index (χ1n) is 9.44. The van der Waals surface area contributed by atoms with E-state index < -0.39 is 0 Å². The molecule has 1 aliphatic carbocycles. The summed E-state index contributed by atoms with van der Waals surface area (Å²) in [6.07, 6.45) is 3.21. The third kappa shape index (κ3) is 3.07. The van der Waals surface area contributed by atoms with Crippen molar-refractivity contribution in [3.63, 3.8) is 0 Å². The number of nitrogens with two attached hydrogens (primary N) is 1. The first-order chi connectivity index (χ1) is 13.0. The second-order valence-corrected chi connectivity index (χ2v) is 7.31. The number of amides is 1. The summed E-state index contributed by atoms with van der Waals surface area (Å²) in [6.45, 7) is 3.78. The predicted octanol–water partition coefficient (Wildman–Crippen LogP) is 1.87. The lowest BCUT2D eigenvalue weighted by atomic mass is 9.76. The molecule has 3 N–H and O–H groups in total. The van der Waals surface area contributed by atoms with Crippen molar-refractivity contribution in [2.45, 2.75) is 38.0 Å². The summed E-state index contributed by atoms with van der Waals surface area (Å²) in [5.74, 6) is 0.898. The molecule has 0 atom stereocenters. The maximum Gasteiger partial charge on any atom is 0.255 e. The van der Waals surface area contributed by atoms with E-state index in [9.17, 15) is 9.59 Å². The van der Waals surface area contributed by atoms with Gasteiger partial charge in [0, 0.05) is 29.6 Å². The summed E-state index contributed by atoms with van der Waals surface area (Å²) >= 11 is 0. The number of H-pyrrole nitrogens is 1. The monoisotopic (exact) mass is 368 g/mol. The average molecular weight is 368 g/mol. The highest BCUT2D eigenvalue weighted by molar-refractivity contribution is 5.94. The number of nitrogens with zero attached hydrogens (tertiary/aromatic N) is 2. The Labute approximate surface area is 157 Å². The van der Waals surface area contributed by atoms with Crippen molar-refractivity contribution in [1.29, 1.82) is 0 Å². The van der Waals surface area contributed by atoms with Gasteiger partial charge in [-0.05, 0) is 50.8 Å². The molecular weight excluding hydrogens is 344 g/mol. The molecule has 27 heavy (non-hydrogen) atoms. The molecule has 1 aromatic carbocycles. The molecular formula is C20H24N4O3. The molecule has 142 valence electrons. The number of hydrogen-bond acceptors (Lipinski definition) is 5. The first kappa shape index (κ1) is 17.6. The Morgan fingerprint density at radius 2 is 2.11 bits per heavy atom. The normalized spacial score (nSPS) is 17.7. The van der Waals surface area contributed by atoms with Gasteiger partial charge in [0.15, 0.2) is 0 Å². The van der Waals surface area contributed by atoms with Crippen LogP contribution in [0.4, 0.5) is 5.95 Å². The number of carbonyl (C=O) groups is 1. The van der Waals surface area contributed by atoms with Crippen LogP contribution in [0.2, 0.25) is 0 Å². The van der Waals surface area contributed by atoms with Crippen molar-refractivity contribution in [2.24, 2.45) is 0 Å². The maximum absolute atomic E-state index is 12.9. The minimum atomic E-state index is -0.137. The number of aromatic nitrogens is 2. The van der Waals surface area contributed by atoms with E-state index in [0.717, 1.165) is 36.9 Å². The molecule has 1 fully saturated rings. The quantitative estimate of drug-likeness (QED) is 0.861. The molecule has 0 radical (unpaired) electrons. The Bertz CT molecular complexity index is 929. The molecule has 0 saturated carbocycles. The highest BCUT2D eigenvalue weighted by Crippen LogP contribution is 2.44. The molecule has 0 unspecified atom stereocenters. The predicted molar refractivity (Wildman–Crippen MR) is 102 cm³/mol. The van der Waals surface area contributed by atoms with Gasteiger partial charge in [0.25, 0.3) is 11.5 Å². The molecule has 1 amide bonds. The minimum absolute atomic E-state index is 0.0167. The fraction of sp³-hybridized carbons (Fsp3) is 0.450. The Hall–Kier alpha value is -2.83. The third-order valence-corrected chi connectivity index (χ3v) is 5.79. The average Bonchev–Trinajstić information content (AvgIpc) is 3.01. The van der Waals surface area contributed by atoms with Crippen LogP contribution < -0.4 is 16.0 Å². The molecule has 7 nitrogen and oxygen atoms in total. The number of ether oxygens (including phenoxy) is 1. The van der Waals surface area contributed by atoms with E-state index in [1.54, 1.807) is 6.07 Å². The highest BCUT2D eigenvalue weighted by Gasteiger charge is 2.44. The molecule has 7 heteroatoms. The van der Waals surface area contributed by atoms with Crippen molar-refractivity contribution in [3.8, 4) is 5.75 Å². The number of nitrogens with one attached hydrogen (secondary N) is 1. The van der Waals surface area contributed by atoms with Gasteiger partial charge in [-0.25, -0.2) is 4.98 Å². The number of aromatic amines is 1. The zero-order valence-corrected chi connectivity index (χ0v) is 15.5. The molecule has 2 aliphatic rings. The molecule has 0 bridgehead atoms. The van der Waals surface area contributed by atoms with Crippen LogP contribution in [0.5, 0.6) is 5.75 Å². The van der Waals surface area contributed by atoms with E-state index in [-0.39, 0.29) is 22.8 Å². The van der Waals surface area contributed by atoms with E-state index in [1.807, 2.05) is 30.0 Å². The van der Waals surface area contributed by atoms with Crippen LogP contribution >= 0.6 is 0 Å². The SMILES string of the molecule is CCOc1cccc(C(=O)N2CCC3(CCc4c3nc(N)[nH]c4=O)CC2)c1. The van der Waals surface area contributed by atoms with Crippen LogP contribution in [-0.4, -0.2) is 40.5 Å². The topological polar surface area (TPSA) is 101 Å². The zero-order chi connectivity index (χ0) is 19.0. The van der Waals surface area contributed by atoms with Crippen LogP contribution in [0, 0.1) is 0 Å². The largest absolute Gasteiger partial charge is 0.494 e. The van der Waals surface area contributed by atoms with Crippen molar-refractivity contribution in [3.05, 3.63) is 51.4 Å². The van der Waals surface area contributed by atoms with Crippen LogP contribution in [0.25, 0.3) is 0 Å². The fourth-order valence-corrected chi connectivity index (χ4v) is 4.36. The number of nitrogen functional groups attached to an aromatic ring is 1. The number of piperidine rings is 1. The number of likely N-dealkylation sites (tertiary alicyclic amines) is 1. The first-order valence-corrected chi connectivity index (χ1v) is 9.44. The number of anilines is 1. The van der Waals surface area contributed by atoms with E-state index in [0.29, 0.717) is 31.0 Å². The zero-order valence-electron chi connectivity index (χ0n) is 15.5. The highest BCUT2D eigenvalue weighted by atomic mass is 16.5. The van der Waals surface area contributed by atoms with Crippen LogP contribution in [0.3, 0.4) is 0 Å². The minimum Gasteiger partial charge on any atom is -0.494 e. The number of hydrogen-bond donors (Lipinski definition) is 2. The van der Waals surface area contributed by atoms with Crippen LogP contribution in [0.15, 0.2) is 29.1 Å². The lowest BCUT2D eigenvalue weighted by molar-refractivity contribution is 0.0663. The summed E-state index contributed by atoms with van der Waals surface area (Å²) in [5, 5.41) is 0. The van der Waals surface area contributed by atoms with Crippen molar-refractivity contribution >= 4 is 11.9 Å². The van der Waals surface area contributed by atoms with Gasteiger partial charge in [-0.1, -0.05) is 6.07 Å². The fourth-order valence-electron chi connectivity index (χ4n) is 4.36. The van der Waals surface area contributed by atoms with Gasteiger partial charge < -0.3 is 15.4 Å². The Morgan fingerprint density at radius 3 is 2.85 bits per heavy atom. The van der Waals surface area contributed by atoms with Gasteiger partial charge in [0.1, 0.15) is 5.75 Å². The number of fused-ring (bicyclic) bond motifs is 2. The number of benzene rings is 1. The van der Waals surface area contributed by atoms with Gasteiger partial charge in [0.05, 0.1) is 12.3 Å². The lowest BCUT2D eigenvalue weighted by Gasteiger charge is -2.39. The molecule has 2 aromatic rings. The Morgan fingerprint density at radius 1 is 1.33 bits per heavy atom. The molecule has 1 aliphatic heterocycles. The van der Waals surface area contributed by atoms with Crippen molar-refractivity contribution in [2.75, 3.05) is 25.4 Å². The van der Waals surface area contributed by atoms with E-state index in [2.05, 4.69) is 9.97 Å².